The van der Waals surface area contributed by atoms with Crippen LogP contribution in [0.4, 0.5) is 5.69 Å². The molecule has 1 unspecified atom stereocenters. The van der Waals surface area contributed by atoms with Crippen molar-refractivity contribution in [3.8, 4) is 5.75 Å². The summed E-state index contributed by atoms with van der Waals surface area (Å²) in [6.45, 7) is 6.41. The van der Waals surface area contributed by atoms with Gasteiger partial charge in [-0.05, 0) is 62.4 Å². The van der Waals surface area contributed by atoms with Crippen LogP contribution in [0.2, 0.25) is 0 Å². The third-order valence-electron chi connectivity index (χ3n) is 4.29. The molecule has 1 saturated carbocycles. The number of hydrogen-bond donors (Lipinski definition) is 1. The number of hydrogen-bond acceptors (Lipinski definition) is 3. The van der Waals surface area contributed by atoms with E-state index in [1.54, 1.807) is 0 Å². The molecule has 1 heterocycles. The van der Waals surface area contributed by atoms with Crippen LogP contribution in [0, 0.1) is 5.92 Å². The van der Waals surface area contributed by atoms with Crippen LogP contribution in [0.5, 0.6) is 5.75 Å². The van der Waals surface area contributed by atoms with Gasteiger partial charge in [0, 0.05) is 24.8 Å². The van der Waals surface area contributed by atoms with Gasteiger partial charge in [-0.25, -0.2) is 0 Å². The maximum Gasteiger partial charge on any atom is 0.119 e. The molecule has 0 radical (unpaired) electrons. The van der Waals surface area contributed by atoms with Gasteiger partial charge < -0.3 is 15.0 Å². The molecule has 110 valence electrons. The van der Waals surface area contributed by atoms with E-state index in [-0.39, 0.29) is 0 Å². The Kier molecular flexibility index (Phi) is 4.46. The van der Waals surface area contributed by atoms with Gasteiger partial charge >= 0.3 is 0 Å². The van der Waals surface area contributed by atoms with Crippen molar-refractivity contribution >= 4 is 5.69 Å². The zero-order valence-electron chi connectivity index (χ0n) is 12.5. The lowest BCUT2D eigenvalue weighted by atomic mass is 10.1. The molecule has 2 aliphatic rings. The van der Waals surface area contributed by atoms with E-state index in [0.717, 1.165) is 44.3 Å². The quantitative estimate of drug-likeness (QED) is 0.893. The summed E-state index contributed by atoms with van der Waals surface area (Å²) in [5.41, 5.74) is 1.34. The third kappa shape index (κ3) is 3.45. The van der Waals surface area contributed by atoms with Crippen LogP contribution < -0.4 is 15.0 Å². The van der Waals surface area contributed by atoms with E-state index in [2.05, 4.69) is 41.4 Å². The average Bonchev–Trinajstić information content (AvgIpc) is 3.31. The Balaban J connectivity index is 1.64. The Labute approximate surface area is 122 Å². The van der Waals surface area contributed by atoms with Crippen LogP contribution in [0.15, 0.2) is 24.3 Å². The summed E-state index contributed by atoms with van der Waals surface area (Å²) >= 11 is 0. The van der Waals surface area contributed by atoms with Crippen molar-refractivity contribution in [3.63, 3.8) is 0 Å². The first-order chi connectivity index (χ1) is 9.86. The van der Waals surface area contributed by atoms with Gasteiger partial charge in [-0.3, -0.25) is 0 Å². The maximum atomic E-state index is 5.66. The van der Waals surface area contributed by atoms with Crippen molar-refractivity contribution in [2.24, 2.45) is 5.92 Å². The minimum Gasteiger partial charge on any atom is -0.494 e. The van der Waals surface area contributed by atoms with Gasteiger partial charge in [0.05, 0.1) is 6.61 Å². The highest BCUT2D eigenvalue weighted by Crippen LogP contribution is 2.34. The Bertz CT molecular complexity index is 414. The lowest BCUT2D eigenvalue weighted by Crippen LogP contribution is -2.39. The van der Waals surface area contributed by atoms with Gasteiger partial charge in [0.2, 0.25) is 0 Å². The van der Waals surface area contributed by atoms with Crippen LogP contribution in [0.3, 0.4) is 0 Å². The van der Waals surface area contributed by atoms with Crippen molar-refractivity contribution in [2.45, 2.75) is 38.6 Å². The molecule has 0 bridgehead atoms. The molecule has 1 aromatic carbocycles. The first-order valence-electron chi connectivity index (χ1n) is 8.08. The van der Waals surface area contributed by atoms with Crippen LogP contribution in [0.25, 0.3) is 0 Å². The molecule has 1 saturated heterocycles. The largest absolute Gasteiger partial charge is 0.494 e. The molecular weight excluding hydrogens is 248 g/mol. The molecule has 20 heavy (non-hydrogen) atoms. The number of benzene rings is 1. The molecule has 3 rings (SSSR count). The maximum absolute atomic E-state index is 5.66. The summed E-state index contributed by atoms with van der Waals surface area (Å²) in [5, 5.41) is 3.72. The zero-order chi connectivity index (χ0) is 13.8. The lowest BCUT2D eigenvalue weighted by Gasteiger charge is -2.26. The van der Waals surface area contributed by atoms with E-state index in [1.165, 1.54) is 24.9 Å². The van der Waals surface area contributed by atoms with E-state index in [0.29, 0.717) is 6.04 Å². The molecule has 0 spiro atoms. The summed E-state index contributed by atoms with van der Waals surface area (Å²) in [4.78, 5) is 2.53. The summed E-state index contributed by atoms with van der Waals surface area (Å²) in [6, 6.07) is 9.32. The minimum absolute atomic E-state index is 0.688. The highest BCUT2D eigenvalue weighted by molar-refractivity contribution is 5.49. The first kappa shape index (κ1) is 13.7. The highest BCUT2D eigenvalue weighted by atomic mass is 16.5. The molecule has 0 aromatic heterocycles. The van der Waals surface area contributed by atoms with E-state index in [1.807, 2.05) is 0 Å². The molecule has 3 heteroatoms. The molecule has 0 amide bonds. The number of anilines is 1. The first-order valence-corrected chi connectivity index (χ1v) is 8.08. The SMILES string of the molecule is CCCOc1ccc(N2CCCNC(C3CC3)C2)cc1. The van der Waals surface area contributed by atoms with Crippen LogP contribution in [-0.2, 0) is 0 Å². The minimum atomic E-state index is 0.688. The average molecular weight is 274 g/mol. The van der Waals surface area contributed by atoms with Gasteiger partial charge in [-0.2, -0.15) is 0 Å². The van der Waals surface area contributed by atoms with Gasteiger partial charge in [0.25, 0.3) is 0 Å². The fourth-order valence-electron chi connectivity index (χ4n) is 2.97. The van der Waals surface area contributed by atoms with E-state index in [9.17, 15) is 0 Å². The van der Waals surface area contributed by atoms with Gasteiger partial charge in [-0.15, -0.1) is 0 Å². The predicted octanol–water partition coefficient (Wildman–Crippen LogP) is 3.05. The van der Waals surface area contributed by atoms with Gasteiger partial charge in [0.1, 0.15) is 5.75 Å². The number of nitrogens with zero attached hydrogens (tertiary/aromatic N) is 1. The third-order valence-corrected chi connectivity index (χ3v) is 4.29. The second-order valence-corrected chi connectivity index (χ2v) is 6.04. The van der Waals surface area contributed by atoms with Crippen molar-refractivity contribution in [3.05, 3.63) is 24.3 Å². The number of ether oxygens (including phenoxy) is 1. The topological polar surface area (TPSA) is 24.5 Å². The van der Waals surface area contributed by atoms with E-state index < -0.39 is 0 Å². The molecule has 1 aromatic rings. The molecule has 1 atom stereocenters. The Hall–Kier alpha value is -1.22. The summed E-state index contributed by atoms with van der Waals surface area (Å²) in [6.07, 6.45) is 5.12. The summed E-state index contributed by atoms with van der Waals surface area (Å²) < 4.78 is 5.66. The summed E-state index contributed by atoms with van der Waals surface area (Å²) in [5.74, 6) is 1.91. The fourth-order valence-corrected chi connectivity index (χ4v) is 2.97. The van der Waals surface area contributed by atoms with Crippen LogP contribution in [-0.4, -0.2) is 32.3 Å². The Morgan fingerprint density at radius 3 is 2.75 bits per heavy atom. The molecule has 1 aliphatic carbocycles. The normalized spacial score (nSPS) is 23.4. The standard InChI is InChI=1S/C17H26N2O/c1-2-12-20-16-8-6-15(7-9-16)19-11-3-10-18-17(13-19)14-4-5-14/h6-9,14,17-18H,2-5,10-13H2,1H3. The Morgan fingerprint density at radius 1 is 1.25 bits per heavy atom. The molecule has 1 N–H and O–H groups in total. The van der Waals surface area contributed by atoms with Crippen LogP contribution >= 0.6 is 0 Å². The smallest absolute Gasteiger partial charge is 0.119 e. The lowest BCUT2D eigenvalue weighted by molar-refractivity contribution is 0.317. The van der Waals surface area contributed by atoms with Crippen molar-refractivity contribution in [1.82, 2.24) is 5.32 Å². The van der Waals surface area contributed by atoms with E-state index >= 15 is 0 Å². The monoisotopic (exact) mass is 274 g/mol. The Morgan fingerprint density at radius 2 is 2.05 bits per heavy atom. The number of nitrogens with one attached hydrogen (secondary N) is 1. The summed E-state index contributed by atoms with van der Waals surface area (Å²) in [7, 11) is 0. The molecule has 2 fully saturated rings. The predicted molar refractivity (Wildman–Crippen MR) is 83.6 cm³/mol. The fraction of sp³-hybridized carbons (Fsp3) is 0.647. The van der Waals surface area contributed by atoms with Gasteiger partial charge in [-0.1, -0.05) is 6.92 Å². The zero-order valence-corrected chi connectivity index (χ0v) is 12.5. The highest BCUT2D eigenvalue weighted by Gasteiger charge is 2.33. The van der Waals surface area contributed by atoms with E-state index in [4.69, 9.17) is 4.74 Å². The molecular formula is C17H26N2O. The van der Waals surface area contributed by atoms with Gasteiger partial charge in [0.15, 0.2) is 0 Å². The molecule has 1 aliphatic heterocycles. The van der Waals surface area contributed by atoms with Crippen molar-refractivity contribution < 1.29 is 4.74 Å². The second kappa shape index (κ2) is 6.49. The van der Waals surface area contributed by atoms with Crippen molar-refractivity contribution in [2.75, 3.05) is 31.1 Å². The second-order valence-electron chi connectivity index (χ2n) is 6.04. The van der Waals surface area contributed by atoms with Crippen LogP contribution in [0.1, 0.15) is 32.6 Å². The molecule has 3 nitrogen and oxygen atoms in total. The van der Waals surface area contributed by atoms with Crippen molar-refractivity contribution in [1.29, 1.82) is 0 Å². The number of rotatable bonds is 5.